The number of Topliss-reactive ketones (excluding diaryl/α,β-unsaturated/α-hetero) is 1. The highest BCUT2D eigenvalue weighted by Crippen LogP contribution is 2.48. The third-order valence-corrected chi connectivity index (χ3v) is 8.50. The molecule has 1 N–H and O–H groups in total. The van der Waals surface area contributed by atoms with Gasteiger partial charge in [-0.15, -0.1) is 0 Å². The zero-order valence-corrected chi connectivity index (χ0v) is 23.2. The molecule has 0 unspecified atom stereocenters. The van der Waals surface area contributed by atoms with Crippen molar-refractivity contribution in [2.45, 2.75) is 64.7 Å². The number of allylic oxidation sites excluding steroid dienone is 5. The van der Waals surface area contributed by atoms with Crippen molar-refractivity contribution in [1.29, 1.82) is 0 Å². The summed E-state index contributed by atoms with van der Waals surface area (Å²) in [5, 5.41) is 22.7. The molecule has 0 atom stereocenters. The molecule has 38 heavy (non-hydrogen) atoms. The molecule has 5 nitrogen and oxygen atoms in total. The van der Waals surface area contributed by atoms with Gasteiger partial charge in [-0.2, -0.15) is 4.58 Å². The van der Waals surface area contributed by atoms with Crippen LogP contribution in [-0.4, -0.2) is 40.9 Å². The molecule has 0 amide bonds. The van der Waals surface area contributed by atoms with Gasteiger partial charge in [-0.1, -0.05) is 56.0 Å². The summed E-state index contributed by atoms with van der Waals surface area (Å²) in [5.74, 6) is -0.352. The number of nitrogens with zero attached hydrogens (tertiary/aromatic N) is 2. The van der Waals surface area contributed by atoms with Crippen molar-refractivity contribution in [3.05, 3.63) is 94.4 Å². The van der Waals surface area contributed by atoms with Crippen LogP contribution in [0.2, 0.25) is 0 Å². The summed E-state index contributed by atoms with van der Waals surface area (Å²) in [4.78, 5) is 15.7. The number of likely N-dealkylation sites (N-methyl/N-ethyl adjacent to an activating group) is 1. The summed E-state index contributed by atoms with van der Waals surface area (Å²) in [6.07, 6.45) is 6.29. The topological polar surface area (TPSA) is 66.6 Å². The molecule has 5 rings (SSSR count). The number of carbonyl (C=O) groups is 1. The van der Waals surface area contributed by atoms with Crippen LogP contribution in [0.3, 0.4) is 0 Å². The Balaban J connectivity index is 1.54. The highest BCUT2D eigenvalue weighted by atomic mass is 16.3. The number of aliphatic hydroxyl groups excluding tert-OH is 1. The Labute approximate surface area is 226 Å². The highest BCUT2D eigenvalue weighted by Gasteiger charge is 2.46. The summed E-state index contributed by atoms with van der Waals surface area (Å²) in [5.41, 5.74) is 6.56. The lowest BCUT2D eigenvalue weighted by atomic mass is 9.77. The molecule has 0 saturated carbocycles. The molecule has 3 aliphatic rings. The maximum atomic E-state index is 13.5. The molecule has 5 heteroatoms. The van der Waals surface area contributed by atoms with E-state index in [1.165, 1.54) is 11.1 Å². The summed E-state index contributed by atoms with van der Waals surface area (Å²) in [7, 11) is 0. The van der Waals surface area contributed by atoms with Crippen molar-refractivity contribution in [2.75, 3.05) is 24.6 Å². The fourth-order valence-corrected chi connectivity index (χ4v) is 6.31. The van der Waals surface area contributed by atoms with E-state index in [0.717, 1.165) is 55.1 Å². The minimum Gasteiger partial charge on any atom is -0.871 e. The van der Waals surface area contributed by atoms with E-state index in [9.17, 15) is 15.0 Å². The third-order valence-electron chi connectivity index (χ3n) is 8.50. The lowest BCUT2D eigenvalue weighted by Crippen LogP contribution is -2.35. The maximum Gasteiger partial charge on any atom is 0.209 e. The molecule has 0 radical (unpaired) electrons. The molecular formula is C33H38N2O3. The highest BCUT2D eigenvalue weighted by molar-refractivity contribution is 6.24. The zero-order valence-electron chi connectivity index (χ0n) is 23.2. The van der Waals surface area contributed by atoms with Crippen molar-refractivity contribution < 1.29 is 19.6 Å². The number of aliphatic hydroxyl groups is 1. The molecule has 1 aliphatic carbocycles. The minimum absolute atomic E-state index is 0.176. The fraction of sp³-hybridized carbons (Fsp3) is 0.394. The number of benzene rings is 2. The lowest BCUT2D eigenvalue weighted by molar-refractivity contribution is -0.438. The van der Waals surface area contributed by atoms with Crippen LogP contribution in [-0.2, 0) is 15.6 Å². The van der Waals surface area contributed by atoms with Gasteiger partial charge in [0.2, 0.25) is 5.69 Å². The molecule has 0 fully saturated rings. The third kappa shape index (κ3) is 3.95. The van der Waals surface area contributed by atoms with Gasteiger partial charge in [0.1, 0.15) is 6.54 Å². The average Bonchev–Trinajstić information content (AvgIpc) is 3.26. The Kier molecular flexibility index (Phi) is 6.68. The Morgan fingerprint density at radius 2 is 1.61 bits per heavy atom. The van der Waals surface area contributed by atoms with Gasteiger partial charge in [-0.25, -0.2) is 0 Å². The number of para-hydroxylation sites is 2. The predicted octanol–water partition coefficient (Wildman–Crippen LogP) is 5.05. The SMILES string of the molecule is CCN1C(=CC2=C([O-])C(=CC3=[N+](CCCCCO)c4ccccc4C3(C)C)C2=O)C(C)(C)c2ccccc21. The number of hydrogen-bond donors (Lipinski definition) is 1. The van der Waals surface area contributed by atoms with Gasteiger partial charge >= 0.3 is 0 Å². The van der Waals surface area contributed by atoms with Gasteiger partial charge in [0.05, 0.1) is 5.41 Å². The number of unbranched alkanes of at least 4 members (excludes halogenated alkanes) is 2. The van der Waals surface area contributed by atoms with Gasteiger partial charge in [0.15, 0.2) is 11.5 Å². The second-order valence-corrected chi connectivity index (χ2v) is 11.5. The molecule has 0 aromatic heterocycles. The van der Waals surface area contributed by atoms with Crippen LogP contribution >= 0.6 is 0 Å². The van der Waals surface area contributed by atoms with Crippen molar-refractivity contribution in [3.8, 4) is 0 Å². The van der Waals surface area contributed by atoms with E-state index in [0.29, 0.717) is 0 Å². The van der Waals surface area contributed by atoms with E-state index in [-0.39, 0.29) is 40.1 Å². The van der Waals surface area contributed by atoms with E-state index in [2.05, 4.69) is 68.4 Å². The number of rotatable bonds is 8. The second-order valence-electron chi connectivity index (χ2n) is 11.5. The summed E-state index contributed by atoms with van der Waals surface area (Å²) < 4.78 is 2.26. The number of fused-ring (bicyclic) bond motifs is 2. The smallest absolute Gasteiger partial charge is 0.209 e. The van der Waals surface area contributed by atoms with Crippen LogP contribution < -0.4 is 10.0 Å². The molecule has 0 bridgehead atoms. The van der Waals surface area contributed by atoms with Gasteiger partial charge in [-0.05, 0) is 51.3 Å². The van der Waals surface area contributed by atoms with Crippen LogP contribution in [0.1, 0.15) is 65.0 Å². The monoisotopic (exact) mass is 510 g/mol. The molecule has 2 aromatic rings. The van der Waals surface area contributed by atoms with Crippen LogP contribution in [0.25, 0.3) is 0 Å². The molecule has 2 aliphatic heterocycles. The van der Waals surface area contributed by atoms with Crippen LogP contribution in [0.4, 0.5) is 11.4 Å². The van der Waals surface area contributed by atoms with Crippen molar-refractivity contribution in [3.63, 3.8) is 0 Å². The van der Waals surface area contributed by atoms with Crippen LogP contribution in [0.15, 0.2) is 83.3 Å². The molecule has 2 aromatic carbocycles. The zero-order chi connectivity index (χ0) is 27.2. The lowest BCUT2D eigenvalue weighted by Gasteiger charge is -2.32. The summed E-state index contributed by atoms with van der Waals surface area (Å²) in [6, 6.07) is 16.6. The first kappa shape index (κ1) is 26.2. The van der Waals surface area contributed by atoms with Crippen LogP contribution in [0, 0.1) is 0 Å². The Hall–Kier alpha value is -3.44. The van der Waals surface area contributed by atoms with E-state index >= 15 is 0 Å². The van der Waals surface area contributed by atoms with Crippen molar-refractivity contribution >= 4 is 22.9 Å². The first-order chi connectivity index (χ1) is 18.1. The number of hydrogen-bond acceptors (Lipinski definition) is 4. The molecule has 0 saturated heterocycles. The Morgan fingerprint density at radius 3 is 2.29 bits per heavy atom. The fourth-order valence-electron chi connectivity index (χ4n) is 6.31. The largest absolute Gasteiger partial charge is 0.871 e. The van der Waals surface area contributed by atoms with E-state index in [1.54, 1.807) is 0 Å². The average molecular weight is 511 g/mol. The molecular weight excluding hydrogens is 472 g/mol. The quantitative estimate of drug-likeness (QED) is 0.307. The number of carbonyl (C=O) groups excluding carboxylic acids is 1. The first-order valence-corrected chi connectivity index (χ1v) is 13.8. The maximum absolute atomic E-state index is 13.5. The summed E-state index contributed by atoms with van der Waals surface area (Å²) >= 11 is 0. The molecule has 2 heterocycles. The number of ketones is 1. The normalized spacial score (nSPS) is 21.4. The van der Waals surface area contributed by atoms with Gasteiger partial charge in [0, 0.05) is 65.2 Å². The standard InChI is InChI=1S/C33H38N2O3/c1-6-34-26-16-10-8-14-24(26)32(2,3)28(34)20-22-30(37)23(31(22)38)21-29-33(4,5)25-15-9-11-17-27(25)35(29)18-12-7-13-19-36/h8-11,14-17,20-21,36H,6-7,12-13,18-19H2,1-5H3. The second kappa shape index (κ2) is 9.70. The minimum atomic E-state index is -0.330. The van der Waals surface area contributed by atoms with E-state index in [1.807, 2.05) is 36.4 Å². The van der Waals surface area contributed by atoms with E-state index in [4.69, 9.17) is 0 Å². The van der Waals surface area contributed by atoms with E-state index < -0.39 is 0 Å². The Morgan fingerprint density at radius 1 is 0.921 bits per heavy atom. The molecule has 0 spiro atoms. The Bertz CT molecular complexity index is 1420. The predicted molar refractivity (Wildman–Crippen MR) is 151 cm³/mol. The summed E-state index contributed by atoms with van der Waals surface area (Å²) in [6.45, 7) is 12.4. The first-order valence-electron chi connectivity index (χ1n) is 13.8. The van der Waals surface area contributed by atoms with Crippen molar-refractivity contribution in [2.24, 2.45) is 0 Å². The number of anilines is 1. The van der Waals surface area contributed by atoms with Gasteiger partial charge in [0.25, 0.3) is 0 Å². The molecule has 198 valence electrons. The van der Waals surface area contributed by atoms with Crippen LogP contribution in [0.5, 0.6) is 0 Å². The van der Waals surface area contributed by atoms with Crippen molar-refractivity contribution in [1.82, 2.24) is 0 Å². The van der Waals surface area contributed by atoms with Gasteiger partial charge in [-0.3, -0.25) is 4.79 Å². The van der Waals surface area contributed by atoms with Gasteiger partial charge < -0.3 is 15.1 Å².